The first-order valence-corrected chi connectivity index (χ1v) is 13.2. The van der Waals surface area contributed by atoms with Crippen LogP contribution in [0.4, 0.5) is 0 Å². The third-order valence-corrected chi connectivity index (χ3v) is 7.05. The van der Waals surface area contributed by atoms with Gasteiger partial charge in [-0.15, -0.1) is 0 Å². The molecule has 1 unspecified atom stereocenters. The second kappa shape index (κ2) is 13.0. The second-order valence-corrected chi connectivity index (χ2v) is 9.77. The molecule has 3 aromatic rings. The molecule has 4 atom stereocenters. The van der Waals surface area contributed by atoms with Crippen molar-refractivity contribution in [3.05, 3.63) is 89.7 Å². The Hall–Kier alpha value is -4.20. The number of methoxy groups -OCH3 is 1. The normalized spacial score (nSPS) is 21.5. The zero-order chi connectivity index (χ0) is 27.8. The molecule has 0 saturated carbocycles. The summed E-state index contributed by atoms with van der Waals surface area (Å²) in [6.07, 6.45) is 3.75. The topological polar surface area (TPSA) is 104 Å². The molecule has 1 N–H and O–H groups in total. The average molecular weight is 531 g/mol. The van der Waals surface area contributed by atoms with Gasteiger partial charge in [0.15, 0.2) is 11.4 Å². The molecule has 1 aliphatic heterocycles. The lowest BCUT2D eigenvalue weighted by Gasteiger charge is -2.32. The predicted octanol–water partition coefficient (Wildman–Crippen LogP) is 4.87. The number of aromatic nitrogens is 1. The largest absolute Gasteiger partial charge is 0.493 e. The van der Waals surface area contributed by atoms with Crippen LogP contribution in [0.25, 0.3) is 0 Å². The third-order valence-electron chi connectivity index (χ3n) is 7.05. The van der Waals surface area contributed by atoms with Crippen molar-refractivity contribution < 1.29 is 28.6 Å². The van der Waals surface area contributed by atoms with E-state index < -0.39 is 30.0 Å². The van der Waals surface area contributed by atoms with E-state index in [1.54, 1.807) is 0 Å². The molecule has 1 fully saturated rings. The van der Waals surface area contributed by atoms with Crippen molar-refractivity contribution in [2.24, 2.45) is 5.92 Å². The fraction of sp³-hybridized carbons (Fsp3) is 0.355. The highest BCUT2D eigenvalue weighted by Gasteiger charge is 2.35. The number of benzene rings is 2. The zero-order valence-corrected chi connectivity index (χ0v) is 22.5. The van der Waals surface area contributed by atoms with Gasteiger partial charge in [0.25, 0.3) is 5.91 Å². The SMILES string of the molecule is COc1ccnc(C(=O)NC2CCC[C@H](Cc3ccccc3)[C@@H](c3ccccc3)[C@H](C)OC2=O)c1OC(C)=O. The standard InChI is InChI=1S/C31H34N2O6/c1-20-27(23-13-8-5-9-14-23)24(19-22-11-6-4-7-12-22)15-10-16-25(31(36)38-20)33-30(35)28-29(39-21(2)34)26(37-3)17-18-32-28/h4-9,11-14,17-18,20,24-25,27H,10,15-16,19H2,1-3H3,(H,33,35)/t20-,24+,25?,27+/m0/s1. The third kappa shape index (κ3) is 7.02. The number of esters is 2. The number of hydrogen-bond acceptors (Lipinski definition) is 7. The highest BCUT2D eigenvalue weighted by Crippen LogP contribution is 2.37. The molecule has 0 radical (unpaired) electrons. The number of carbonyl (C=O) groups is 3. The Balaban J connectivity index is 1.58. The smallest absolute Gasteiger partial charge is 0.328 e. The molecular formula is C31H34N2O6. The Labute approximate surface area is 228 Å². The van der Waals surface area contributed by atoms with E-state index in [0.717, 1.165) is 18.4 Å². The van der Waals surface area contributed by atoms with Crippen LogP contribution in [-0.4, -0.2) is 42.1 Å². The fourth-order valence-electron chi connectivity index (χ4n) is 5.32. The van der Waals surface area contributed by atoms with Gasteiger partial charge in [0.05, 0.1) is 7.11 Å². The molecule has 2 aromatic carbocycles. The summed E-state index contributed by atoms with van der Waals surface area (Å²) in [6.45, 7) is 3.14. The van der Waals surface area contributed by atoms with Gasteiger partial charge in [0.2, 0.25) is 5.75 Å². The van der Waals surface area contributed by atoms with Crippen molar-refractivity contribution in [1.82, 2.24) is 10.3 Å². The van der Waals surface area contributed by atoms with Crippen LogP contribution in [-0.2, 0) is 20.7 Å². The van der Waals surface area contributed by atoms with Gasteiger partial charge in [-0.1, -0.05) is 67.1 Å². The molecule has 1 saturated heterocycles. The monoisotopic (exact) mass is 530 g/mol. The van der Waals surface area contributed by atoms with Gasteiger partial charge in [0.1, 0.15) is 12.1 Å². The summed E-state index contributed by atoms with van der Waals surface area (Å²) in [5.41, 5.74) is 2.20. The first-order chi connectivity index (χ1) is 18.9. The van der Waals surface area contributed by atoms with Crippen molar-refractivity contribution in [2.45, 2.75) is 57.6 Å². The number of amides is 1. The summed E-state index contributed by atoms with van der Waals surface area (Å²) in [5.74, 6) is -1.48. The molecule has 39 heavy (non-hydrogen) atoms. The predicted molar refractivity (Wildman–Crippen MR) is 146 cm³/mol. The summed E-state index contributed by atoms with van der Waals surface area (Å²) in [6, 6.07) is 21.1. The number of carbonyl (C=O) groups excluding carboxylic acids is 3. The highest BCUT2D eigenvalue weighted by molar-refractivity contribution is 5.98. The van der Waals surface area contributed by atoms with Crippen LogP contribution in [0.2, 0.25) is 0 Å². The fourth-order valence-corrected chi connectivity index (χ4v) is 5.32. The molecule has 1 aromatic heterocycles. The number of nitrogens with zero attached hydrogens (tertiary/aromatic N) is 1. The van der Waals surface area contributed by atoms with Crippen LogP contribution in [0.3, 0.4) is 0 Å². The van der Waals surface area contributed by atoms with Gasteiger partial charge in [-0.3, -0.25) is 9.59 Å². The zero-order valence-electron chi connectivity index (χ0n) is 22.5. The molecule has 0 aliphatic carbocycles. The number of pyridine rings is 1. The van der Waals surface area contributed by atoms with Gasteiger partial charge >= 0.3 is 11.9 Å². The first-order valence-electron chi connectivity index (χ1n) is 13.2. The van der Waals surface area contributed by atoms with E-state index in [0.29, 0.717) is 12.8 Å². The molecule has 1 amide bonds. The highest BCUT2D eigenvalue weighted by atomic mass is 16.6. The van der Waals surface area contributed by atoms with Gasteiger partial charge in [-0.25, -0.2) is 9.78 Å². The maximum absolute atomic E-state index is 13.4. The summed E-state index contributed by atoms with van der Waals surface area (Å²) < 4.78 is 16.5. The molecule has 2 heterocycles. The van der Waals surface area contributed by atoms with E-state index >= 15 is 0 Å². The van der Waals surface area contributed by atoms with Crippen molar-refractivity contribution in [3.8, 4) is 11.5 Å². The molecule has 0 spiro atoms. The lowest BCUT2D eigenvalue weighted by Crippen LogP contribution is -2.43. The minimum absolute atomic E-state index is 0.0135. The number of rotatable bonds is 7. The van der Waals surface area contributed by atoms with Gasteiger partial charge in [0, 0.05) is 25.1 Å². The maximum Gasteiger partial charge on any atom is 0.328 e. The summed E-state index contributed by atoms with van der Waals surface area (Å²) in [7, 11) is 1.40. The van der Waals surface area contributed by atoms with Crippen LogP contribution >= 0.6 is 0 Å². The van der Waals surface area contributed by atoms with E-state index in [4.69, 9.17) is 14.2 Å². The van der Waals surface area contributed by atoms with Crippen molar-refractivity contribution >= 4 is 17.8 Å². The number of nitrogens with one attached hydrogen (secondary N) is 1. The number of cyclic esters (lactones) is 1. The lowest BCUT2D eigenvalue weighted by atomic mass is 9.76. The molecule has 204 valence electrons. The summed E-state index contributed by atoms with van der Waals surface area (Å²) in [4.78, 5) is 42.4. The van der Waals surface area contributed by atoms with Gasteiger partial charge < -0.3 is 19.5 Å². The van der Waals surface area contributed by atoms with Crippen LogP contribution in [0.5, 0.6) is 11.5 Å². The Morgan fingerprint density at radius 2 is 1.72 bits per heavy atom. The maximum atomic E-state index is 13.4. The number of ether oxygens (including phenoxy) is 3. The second-order valence-electron chi connectivity index (χ2n) is 9.77. The van der Waals surface area contributed by atoms with E-state index in [9.17, 15) is 14.4 Å². The molecule has 8 nitrogen and oxygen atoms in total. The average Bonchev–Trinajstić information content (AvgIpc) is 2.98. The Kier molecular flexibility index (Phi) is 9.31. The Bertz CT molecular complexity index is 1280. The molecule has 8 heteroatoms. The molecule has 0 bridgehead atoms. The first kappa shape index (κ1) is 27.8. The lowest BCUT2D eigenvalue weighted by molar-refractivity contribution is -0.152. The van der Waals surface area contributed by atoms with Crippen LogP contribution in [0.1, 0.15) is 60.6 Å². The van der Waals surface area contributed by atoms with Crippen molar-refractivity contribution in [3.63, 3.8) is 0 Å². The minimum atomic E-state index is -0.884. The van der Waals surface area contributed by atoms with Crippen LogP contribution < -0.4 is 14.8 Å². The molecule has 4 rings (SSSR count). The van der Waals surface area contributed by atoms with E-state index in [1.807, 2.05) is 43.3 Å². The van der Waals surface area contributed by atoms with Crippen molar-refractivity contribution in [2.75, 3.05) is 7.11 Å². The Morgan fingerprint density at radius 1 is 1.03 bits per heavy atom. The van der Waals surface area contributed by atoms with E-state index in [-0.39, 0.29) is 29.0 Å². The van der Waals surface area contributed by atoms with Gasteiger partial charge in [-0.05, 0) is 43.2 Å². The Morgan fingerprint density at radius 3 is 2.38 bits per heavy atom. The van der Waals surface area contributed by atoms with Crippen LogP contribution in [0.15, 0.2) is 72.9 Å². The van der Waals surface area contributed by atoms with E-state index in [2.05, 4.69) is 34.6 Å². The molecular weight excluding hydrogens is 496 g/mol. The summed E-state index contributed by atoms with van der Waals surface area (Å²) >= 11 is 0. The molecule has 1 aliphatic rings. The van der Waals surface area contributed by atoms with Crippen LogP contribution in [0, 0.1) is 5.92 Å². The van der Waals surface area contributed by atoms with Gasteiger partial charge in [-0.2, -0.15) is 0 Å². The number of hydrogen-bond donors (Lipinski definition) is 1. The minimum Gasteiger partial charge on any atom is -0.493 e. The van der Waals surface area contributed by atoms with E-state index in [1.165, 1.54) is 31.9 Å². The summed E-state index contributed by atoms with van der Waals surface area (Å²) in [5, 5.41) is 2.76. The van der Waals surface area contributed by atoms with Crippen molar-refractivity contribution in [1.29, 1.82) is 0 Å². The quantitative estimate of drug-likeness (QED) is 0.435.